The van der Waals surface area contributed by atoms with Gasteiger partial charge in [0.1, 0.15) is 5.76 Å². The fourth-order valence-electron chi connectivity index (χ4n) is 1.44. The van der Waals surface area contributed by atoms with Gasteiger partial charge in [-0.2, -0.15) is 8.78 Å². The van der Waals surface area contributed by atoms with Crippen molar-refractivity contribution in [3.05, 3.63) is 47.1 Å². The predicted octanol–water partition coefficient (Wildman–Crippen LogP) is 4.29. The summed E-state index contributed by atoms with van der Waals surface area (Å²) in [6.07, 6.45) is 0. The van der Waals surface area contributed by atoms with E-state index in [0.717, 1.165) is 12.1 Å². The Bertz CT molecular complexity index is 560. The van der Waals surface area contributed by atoms with E-state index in [4.69, 9.17) is 16.0 Å². The van der Waals surface area contributed by atoms with Crippen LogP contribution >= 0.6 is 11.6 Å². The average molecular weight is 292 g/mol. The SMILES string of the molecule is Fc1cc(NCc2ccc(Cl)o2)ccc1OC(F)F. The monoisotopic (exact) mass is 291 g/mol. The van der Waals surface area contributed by atoms with E-state index < -0.39 is 18.2 Å². The van der Waals surface area contributed by atoms with Gasteiger partial charge in [-0.1, -0.05) is 0 Å². The van der Waals surface area contributed by atoms with E-state index in [1.54, 1.807) is 12.1 Å². The Balaban J connectivity index is 1.99. The molecule has 0 bridgehead atoms. The van der Waals surface area contributed by atoms with Crippen molar-refractivity contribution >= 4 is 17.3 Å². The number of halogens is 4. The quantitative estimate of drug-likeness (QED) is 0.892. The van der Waals surface area contributed by atoms with Crippen LogP contribution in [0.15, 0.2) is 34.7 Å². The molecule has 2 aromatic rings. The highest BCUT2D eigenvalue weighted by Crippen LogP contribution is 2.23. The number of hydrogen-bond donors (Lipinski definition) is 1. The number of rotatable bonds is 5. The summed E-state index contributed by atoms with van der Waals surface area (Å²) in [5.41, 5.74) is 0.409. The van der Waals surface area contributed by atoms with Gasteiger partial charge < -0.3 is 14.5 Å². The number of benzene rings is 1. The first-order valence-electron chi connectivity index (χ1n) is 5.27. The molecule has 1 N–H and O–H groups in total. The summed E-state index contributed by atoms with van der Waals surface area (Å²) < 4.78 is 46.4. The fourth-order valence-corrected chi connectivity index (χ4v) is 1.60. The maximum Gasteiger partial charge on any atom is 0.387 e. The summed E-state index contributed by atoms with van der Waals surface area (Å²) in [4.78, 5) is 0. The number of hydrogen-bond acceptors (Lipinski definition) is 3. The molecule has 102 valence electrons. The Hall–Kier alpha value is -1.82. The Labute approximate surface area is 111 Å². The highest BCUT2D eigenvalue weighted by Gasteiger charge is 2.10. The van der Waals surface area contributed by atoms with Crippen LogP contribution in [0, 0.1) is 5.82 Å². The number of alkyl halides is 2. The molecule has 0 saturated heterocycles. The number of anilines is 1. The second-order valence-corrected chi connectivity index (χ2v) is 3.96. The van der Waals surface area contributed by atoms with Crippen LogP contribution in [0.1, 0.15) is 5.76 Å². The molecule has 0 saturated carbocycles. The lowest BCUT2D eigenvalue weighted by Gasteiger charge is -2.08. The van der Waals surface area contributed by atoms with Gasteiger partial charge in [-0.15, -0.1) is 0 Å². The zero-order valence-corrected chi connectivity index (χ0v) is 10.3. The summed E-state index contributed by atoms with van der Waals surface area (Å²) in [5, 5.41) is 3.11. The third-order valence-electron chi connectivity index (χ3n) is 2.24. The molecule has 3 nitrogen and oxygen atoms in total. The summed E-state index contributed by atoms with van der Waals surface area (Å²) in [6, 6.07) is 6.85. The summed E-state index contributed by atoms with van der Waals surface area (Å²) >= 11 is 5.59. The second kappa shape index (κ2) is 5.88. The van der Waals surface area contributed by atoms with Crippen molar-refractivity contribution in [2.24, 2.45) is 0 Å². The highest BCUT2D eigenvalue weighted by atomic mass is 35.5. The molecule has 0 amide bonds. The summed E-state index contributed by atoms with van der Waals surface area (Å²) in [6.45, 7) is -2.76. The maximum atomic E-state index is 13.4. The zero-order valence-electron chi connectivity index (χ0n) is 9.50. The van der Waals surface area contributed by atoms with Gasteiger partial charge in [0.2, 0.25) is 0 Å². The van der Waals surface area contributed by atoms with E-state index in [-0.39, 0.29) is 5.22 Å². The lowest BCUT2D eigenvalue weighted by Crippen LogP contribution is -2.04. The van der Waals surface area contributed by atoms with Crippen LogP contribution < -0.4 is 10.1 Å². The summed E-state index contributed by atoms with van der Waals surface area (Å²) in [7, 11) is 0. The first-order valence-corrected chi connectivity index (χ1v) is 5.65. The van der Waals surface area contributed by atoms with E-state index in [1.807, 2.05) is 0 Å². The lowest BCUT2D eigenvalue weighted by atomic mass is 10.3. The number of furan rings is 1. The molecule has 0 fully saturated rings. The standard InChI is InChI=1S/C12H9ClF3NO2/c13-11-4-2-8(18-11)6-17-7-1-3-10(9(14)5-7)19-12(15)16/h1-5,12,17H,6H2. The molecule has 0 aliphatic carbocycles. The topological polar surface area (TPSA) is 34.4 Å². The molecule has 0 radical (unpaired) electrons. The molecule has 7 heteroatoms. The molecule has 1 aromatic heterocycles. The Morgan fingerprint density at radius 1 is 1.26 bits per heavy atom. The zero-order chi connectivity index (χ0) is 13.8. The fraction of sp³-hybridized carbons (Fsp3) is 0.167. The first kappa shape index (κ1) is 13.6. The van der Waals surface area contributed by atoms with Gasteiger partial charge in [0.05, 0.1) is 6.54 Å². The van der Waals surface area contributed by atoms with E-state index in [1.165, 1.54) is 6.07 Å². The third-order valence-corrected chi connectivity index (χ3v) is 2.45. The smallest absolute Gasteiger partial charge is 0.387 e. The van der Waals surface area contributed by atoms with Crippen LogP contribution in [-0.4, -0.2) is 6.61 Å². The van der Waals surface area contributed by atoms with Crippen LogP contribution in [0.3, 0.4) is 0 Å². The van der Waals surface area contributed by atoms with E-state index in [2.05, 4.69) is 10.1 Å². The van der Waals surface area contributed by atoms with Crippen molar-refractivity contribution in [1.29, 1.82) is 0 Å². The molecule has 1 aromatic carbocycles. The van der Waals surface area contributed by atoms with Crippen LogP contribution in [0.5, 0.6) is 5.75 Å². The van der Waals surface area contributed by atoms with Crippen molar-refractivity contribution in [3.8, 4) is 5.75 Å². The van der Waals surface area contributed by atoms with Crippen LogP contribution in [0.4, 0.5) is 18.9 Å². The summed E-state index contributed by atoms with van der Waals surface area (Å²) in [5.74, 6) is -0.803. The van der Waals surface area contributed by atoms with Gasteiger partial charge in [0, 0.05) is 11.8 Å². The second-order valence-electron chi connectivity index (χ2n) is 3.58. The minimum absolute atomic E-state index is 0.253. The van der Waals surface area contributed by atoms with Gasteiger partial charge in [0.25, 0.3) is 0 Å². The highest BCUT2D eigenvalue weighted by molar-refractivity contribution is 6.28. The molecule has 19 heavy (non-hydrogen) atoms. The van der Waals surface area contributed by atoms with Crippen molar-refractivity contribution in [2.75, 3.05) is 5.32 Å². The van der Waals surface area contributed by atoms with E-state index >= 15 is 0 Å². The lowest BCUT2D eigenvalue weighted by molar-refractivity contribution is -0.0521. The molecule has 0 atom stereocenters. The molecule has 2 rings (SSSR count). The van der Waals surface area contributed by atoms with Crippen molar-refractivity contribution < 1.29 is 22.3 Å². The Morgan fingerprint density at radius 2 is 2.05 bits per heavy atom. The Kier molecular flexibility index (Phi) is 4.21. The van der Waals surface area contributed by atoms with Gasteiger partial charge in [-0.05, 0) is 35.9 Å². The van der Waals surface area contributed by atoms with Gasteiger partial charge >= 0.3 is 6.61 Å². The van der Waals surface area contributed by atoms with Crippen molar-refractivity contribution in [3.63, 3.8) is 0 Å². The van der Waals surface area contributed by atoms with Crippen molar-refractivity contribution in [2.45, 2.75) is 13.2 Å². The Morgan fingerprint density at radius 3 is 2.63 bits per heavy atom. The molecular formula is C12H9ClF3NO2. The van der Waals surface area contributed by atoms with Gasteiger partial charge in [-0.25, -0.2) is 4.39 Å². The number of nitrogens with one attached hydrogen (secondary N) is 1. The minimum Gasteiger partial charge on any atom is -0.448 e. The van der Waals surface area contributed by atoms with Crippen LogP contribution in [0.25, 0.3) is 0 Å². The molecule has 0 spiro atoms. The molecular weight excluding hydrogens is 283 g/mol. The van der Waals surface area contributed by atoms with Gasteiger partial charge in [0.15, 0.2) is 16.8 Å². The van der Waals surface area contributed by atoms with Gasteiger partial charge in [-0.3, -0.25) is 0 Å². The number of ether oxygens (including phenoxy) is 1. The molecule has 0 aliphatic heterocycles. The minimum atomic E-state index is -3.06. The third kappa shape index (κ3) is 3.82. The average Bonchev–Trinajstić information content (AvgIpc) is 2.75. The largest absolute Gasteiger partial charge is 0.448 e. The first-order chi connectivity index (χ1) is 9.04. The molecule has 0 unspecified atom stereocenters. The van der Waals surface area contributed by atoms with Crippen LogP contribution in [0.2, 0.25) is 5.22 Å². The molecule has 1 heterocycles. The normalized spacial score (nSPS) is 10.8. The maximum absolute atomic E-state index is 13.4. The van der Waals surface area contributed by atoms with Crippen LogP contribution in [-0.2, 0) is 6.54 Å². The van der Waals surface area contributed by atoms with E-state index in [0.29, 0.717) is 18.0 Å². The predicted molar refractivity (Wildman–Crippen MR) is 64.1 cm³/mol. The van der Waals surface area contributed by atoms with Crippen molar-refractivity contribution in [1.82, 2.24) is 0 Å². The molecule has 0 aliphatic rings. The van der Waals surface area contributed by atoms with E-state index in [9.17, 15) is 13.2 Å².